The summed E-state index contributed by atoms with van der Waals surface area (Å²) >= 11 is 1.47. The molecule has 0 saturated carbocycles. The molecule has 4 unspecified atom stereocenters. The van der Waals surface area contributed by atoms with Crippen molar-refractivity contribution in [3.8, 4) is 11.1 Å². The molecule has 4 atom stereocenters. The molecule has 5 rings (SSSR count). The Morgan fingerprint density at radius 1 is 0.822 bits per heavy atom. The third kappa shape index (κ3) is 8.12. The van der Waals surface area contributed by atoms with Crippen molar-refractivity contribution in [2.45, 2.75) is 50.4 Å². The highest BCUT2D eigenvalue weighted by Crippen LogP contribution is 2.43. The lowest BCUT2D eigenvalue weighted by atomic mass is 9.91. The van der Waals surface area contributed by atoms with Crippen LogP contribution in [0.5, 0.6) is 0 Å². The number of aliphatic hydroxyl groups is 1. The van der Waals surface area contributed by atoms with Crippen LogP contribution in [-0.4, -0.2) is 40.6 Å². The minimum atomic E-state index is -0.959. The van der Waals surface area contributed by atoms with Gasteiger partial charge in [0.2, 0.25) is 0 Å². The second-order valence-electron chi connectivity index (χ2n) is 11.0. The van der Waals surface area contributed by atoms with Crippen molar-refractivity contribution in [1.82, 2.24) is 10.6 Å². The summed E-state index contributed by atoms with van der Waals surface area (Å²) in [5.74, 6) is -0.459. The summed E-state index contributed by atoms with van der Waals surface area (Å²) < 4.78 is 13.3. The molecular weight excluding hydrogens is 588 g/mol. The van der Waals surface area contributed by atoms with Crippen LogP contribution in [0, 0.1) is 5.92 Å². The van der Waals surface area contributed by atoms with Crippen LogP contribution in [0.2, 0.25) is 0 Å². The van der Waals surface area contributed by atoms with Crippen molar-refractivity contribution >= 4 is 23.8 Å². The zero-order chi connectivity index (χ0) is 31.8. The number of ether oxygens (including phenoxy) is 2. The van der Waals surface area contributed by atoms with Gasteiger partial charge in [0, 0.05) is 35.2 Å². The number of carboxylic acid groups (broad SMARTS) is 1. The third-order valence-corrected chi connectivity index (χ3v) is 9.02. The van der Waals surface area contributed by atoms with E-state index in [4.69, 9.17) is 9.47 Å². The zero-order valence-electron chi connectivity index (χ0n) is 25.3. The van der Waals surface area contributed by atoms with Crippen molar-refractivity contribution in [2.75, 3.05) is 12.3 Å². The third-order valence-electron chi connectivity index (χ3n) is 7.85. The van der Waals surface area contributed by atoms with E-state index < -0.39 is 12.3 Å². The molecule has 234 valence electrons. The lowest BCUT2D eigenvalue weighted by Crippen LogP contribution is -2.38. The number of amides is 2. The van der Waals surface area contributed by atoms with E-state index in [1.807, 2.05) is 79.7 Å². The molecule has 0 aromatic heterocycles. The van der Waals surface area contributed by atoms with E-state index in [2.05, 4.69) is 29.7 Å². The zero-order valence-corrected chi connectivity index (χ0v) is 26.1. The number of aromatic carboxylic acids is 1. The highest BCUT2D eigenvalue weighted by molar-refractivity contribution is 7.99. The van der Waals surface area contributed by atoms with E-state index in [1.54, 1.807) is 12.1 Å². The number of rotatable bonds is 11. The van der Waals surface area contributed by atoms with E-state index in [9.17, 15) is 19.8 Å². The fourth-order valence-electron chi connectivity index (χ4n) is 5.38. The lowest BCUT2D eigenvalue weighted by molar-refractivity contribution is -0.268. The summed E-state index contributed by atoms with van der Waals surface area (Å²) in [6, 6.07) is 30.7. The van der Waals surface area contributed by atoms with Crippen molar-refractivity contribution < 1.29 is 29.3 Å². The van der Waals surface area contributed by atoms with Gasteiger partial charge in [0.15, 0.2) is 6.29 Å². The second-order valence-corrected chi connectivity index (χ2v) is 12.0. The summed E-state index contributed by atoms with van der Waals surface area (Å²) in [5, 5.41) is 24.9. The largest absolute Gasteiger partial charge is 0.478 e. The van der Waals surface area contributed by atoms with Crippen LogP contribution in [0.15, 0.2) is 102 Å². The topological polar surface area (TPSA) is 117 Å². The van der Waals surface area contributed by atoms with Crippen LogP contribution in [0.25, 0.3) is 11.1 Å². The van der Waals surface area contributed by atoms with Gasteiger partial charge in [0.25, 0.3) is 0 Å². The van der Waals surface area contributed by atoms with Gasteiger partial charge in [-0.15, -0.1) is 11.8 Å². The van der Waals surface area contributed by atoms with E-state index in [0.29, 0.717) is 23.7 Å². The standard InChI is InChI=1S/C36H38N2O6S/c1-3-37-36(42)38-20-25-8-6-9-27(18-25)28-10-7-11-29(19-28)35-43-31(22-45-32-13-5-4-12-30(32)34(40)41)23(2)33(44-35)26-16-14-24(21-39)15-17-26/h4-19,23,31,33,35,39H,3,20-22H2,1-2H3,(H,40,41)(H2,37,38,42). The van der Waals surface area contributed by atoms with Gasteiger partial charge in [-0.2, -0.15) is 0 Å². The van der Waals surface area contributed by atoms with Gasteiger partial charge >= 0.3 is 12.0 Å². The highest BCUT2D eigenvalue weighted by Gasteiger charge is 2.38. The number of urea groups is 1. The highest BCUT2D eigenvalue weighted by atomic mass is 32.2. The molecule has 2 amide bonds. The molecule has 0 spiro atoms. The molecule has 0 aliphatic carbocycles. The molecule has 1 fully saturated rings. The summed E-state index contributed by atoms with van der Waals surface area (Å²) in [4.78, 5) is 24.4. The Labute approximate surface area is 267 Å². The maximum atomic E-state index is 11.9. The molecule has 45 heavy (non-hydrogen) atoms. The SMILES string of the molecule is CCNC(=O)NCc1cccc(-c2cccc(C3OC(CSc4ccccc4C(=O)O)C(C)C(c4ccc(CO)cc4)O3)c2)c1. The Balaban J connectivity index is 1.40. The summed E-state index contributed by atoms with van der Waals surface area (Å²) in [6.45, 7) is 4.90. The van der Waals surface area contributed by atoms with Gasteiger partial charge in [-0.05, 0) is 59.0 Å². The monoisotopic (exact) mass is 626 g/mol. The Kier molecular flexibility index (Phi) is 10.9. The number of hydrogen-bond acceptors (Lipinski definition) is 6. The van der Waals surface area contributed by atoms with Crippen molar-refractivity contribution in [2.24, 2.45) is 5.92 Å². The van der Waals surface area contributed by atoms with Crippen LogP contribution >= 0.6 is 11.8 Å². The summed E-state index contributed by atoms with van der Waals surface area (Å²) in [5.41, 5.74) is 5.91. The fraction of sp³-hybridized carbons (Fsp3) is 0.278. The maximum absolute atomic E-state index is 11.9. The second kappa shape index (κ2) is 15.2. The number of thioether (sulfide) groups is 1. The van der Waals surface area contributed by atoms with Crippen molar-refractivity contribution in [3.63, 3.8) is 0 Å². The molecule has 0 bridgehead atoms. The molecule has 9 heteroatoms. The number of benzene rings is 4. The van der Waals surface area contributed by atoms with Crippen LogP contribution in [-0.2, 0) is 22.6 Å². The van der Waals surface area contributed by atoms with E-state index in [0.717, 1.165) is 33.4 Å². The van der Waals surface area contributed by atoms with Crippen LogP contribution < -0.4 is 10.6 Å². The Morgan fingerprint density at radius 2 is 1.56 bits per heavy atom. The predicted molar refractivity (Wildman–Crippen MR) is 175 cm³/mol. The van der Waals surface area contributed by atoms with Gasteiger partial charge in [-0.25, -0.2) is 9.59 Å². The van der Waals surface area contributed by atoms with Gasteiger partial charge in [-0.1, -0.05) is 79.7 Å². The molecule has 4 N–H and O–H groups in total. The van der Waals surface area contributed by atoms with Gasteiger partial charge in [0.05, 0.1) is 24.4 Å². The van der Waals surface area contributed by atoms with E-state index >= 15 is 0 Å². The van der Waals surface area contributed by atoms with E-state index in [1.165, 1.54) is 11.8 Å². The molecule has 4 aromatic carbocycles. The Bertz CT molecular complexity index is 1610. The number of carbonyl (C=O) groups is 2. The average Bonchev–Trinajstić information content (AvgIpc) is 3.07. The first kappa shape index (κ1) is 32.2. The van der Waals surface area contributed by atoms with Crippen molar-refractivity contribution in [1.29, 1.82) is 0 Å². The molecule has 8 nitrogen and oxygen atoms in total. The average molecular weight is 627 g/mol. The normalized spacial score (nSPS) is 19.5. The van der Waals surface area contributed by atoms with E-state index in [-0.39, 0.29) is 36.3 Å². The number of hydrogen-bond donors (Lipinski definition) is 4. The Morgan fingerprint density at radius 3 is 2.29 bits per heavy atom. The molecule has 1 aliphatic rings. The first-order valence-corrected chi connectivity index (χ1v) is 16.0. The smallest absolute Gasteiger partial charge is 0.336 e. The number of aliphatic hydroxyl groups excluding tert-OH is 1. The minimum absolute atomic E-state index is 0.0364. The number of nitrogens with one attached hydrogen (secondary N) is 2. The summed E-state index contributed by atoms with van der Waals surface area (Å²) in [6.07, 6.45) is -1.19. The van der Waals surface area contributed by atoms with Crippen molar-refractivity contribution in [3.05, 3.63) is 125 Å². The number of carbonyl (C=O) groups excluding carboxylic acids is 1. The lowest BCUT2D eigenvalue weighted by Gasteiger charge is -2.41. The quantitative estimate of drug-likeness (QED) is 0.133. The molecule has 0 radical (unpaired) electrons. The van der Waals surface area contributed by atoms with Gasteiger partial charge in [0.1, 0.15) is 0 Å². The predicted octanol–water partition coefficient (Wildman–Crippen LogP) is 6.95. The minimum Gasteiger partial charge on any atom is -0.478 e. The number of carboxylic acids is 1. The fourth-order valence-corrected chi connectivity index (χ4v) is 6.59. The first-order chi connectivity index (χ1) is 21.9. The first-order valence-electron chi connectivity index (χ1n) is 15.0. The van der Waals surface area contributed by atoms with Crippen LogP contribution in [0.1, 0.15) is 58.9 Å². The van der Waals surface area contributed by atoms with Gasteiger partial charge < -0.3 is 30.3 Å². The maximum Gasteiger partial charge on any atom is 0.336 e. The van der Waals surface area contributed by atoms with Crippen LogP contribution in [0.4, 0.5) is 4.79 Å². The van der Waals surface area contributed by atoms with Crippen LogP contribution in [0.3, 0.4) is 0 Å². The molecule has 1 saturated heterocycles. The Hall–Kier alpha value is -4.15. The molecular formula is C36H38N2O6S. The molecule has 4 aromatic rings. The molecule has 1 heterocycles. The molecule has 1 aliphatic heterocycles. The summed E-state index contributed by atoms with van der Waals surface area (Å²) in [7, 11) is 0. The van der Waals surface area contributed by atoms with Gasteiger partial charge in [-0.3, -0.25) is 0 Å².